The minimum atomic E-state index is -3.39. The number of alkyl halides is 2. The van der Waals surface area contributed by atoms with Gasteiger partial charge in [-0.3, -0.25) is 0 Å². The molecule has 0 unspecified atom stereocenters. The zero-order chi connectivity index (χ0) is 8.32. The van der Waals surface area contributed by atoms with E-state index in [9.17, 15) is 8.42 Å². The van der Waals surface area contributed by atoms with Crippen LogP contribution in [0.4, 0.5) is 0 Å². The molecular formula is C5H9INO3S-. The molecule has 0 saturated carbocycles. The molecule has 1 saturated heterocycles. The number of nitrogens with zero attached hydrogens (tertiary/aromatic N) is 1. The molecule has 1 fully saturated rings. The fourth-order valence-electron chi connectivity index (χ4n) is 0.609. The van der Waals surface area contributed by atoms with Gasteiger partial charge in [-0.15, -0.1) is 0 Å². The second-order valence-electron chi connectivity index (χ2n) is 2.20. The summed E-state index contributed by atoms with van der Waals surface area (Å²) in [6.45, 7) is 0. The molecule has 11 heavy (non-hydrogen) atoms. The van der Waals surface area contributed by atoms with Crippen molar-refractivity contribution in [2.45, 2.75) is 6.42 Å². The molecule has 1 aliphatic heterocycles. The Morgan fingerprint density at radius 3 is 2.82 bits per heavy atom. The summed E-state index contributed by atoms with van der Waals surface area (Å²) in [4.78, 5) is 0. The van der Waals surface area contributed by atoms with E-state index in [0.717, 1.165) is 22.8 Å². The average Bonchev–Trinajstić information content (AvgIpc) is 2.32. The van der Waals surface area contributed by atoms with E-state index in [2.05, 4.69) is 9.44 Å². The fourth-order valence-corrected chi connectivity index (χ4v) is 3.38. The van der Waals surface area contributed by atoms with Gasteiger partial charge in [0.25, 0.3) is 0 Å². The van der Waals surface area contributed by atoms with Crippen molar-refractivity contribution in [1.82, 2.24) is 0 Å². The van der Waals surface area contributed by atoms with Gasteiger partial charge in [-0.2, -0.15) is 0 Å². The Labute approximate surface area is 76.4 Å². The van der Waals surface area contributed by atoms with E-state index >= 15 is 0 Å². The van der Waals surface area contributed by atoms with Crippen LogP contribution in [0.1, 0.15) is 6.42 Å². The average molecular weight is 290 g/mol. The molecule has 4 nitrogen and oxygen atoms in total. The SMILES string of the molecule is CS(=O)(=O)O/N=C1/CC[I-]C1. The Morgan fingerprint density at radius 1 is 1.64 bits per heavy atom. The van der Waals surface area contributed by atoms with Gasteiger partial charge < -0.3 is 0 Å². The zero-order valence-corrected chi connectivity index (χ0v) is 9.05. The molecule has 1 aliphatic rings. The Bertz CT molecular complexity index is 251. The van der Waals surface area contributed by atoms with Gasteiger partial charge in [0.2, 0.25) is 0 Å². The first-order chi connectivity index (χ1) is 5.08. The molecule has 0 spiro atoms. The van der Waals surface area contributed by atoms with E-state index in [1.807, 2.05) is 0 Å². The van der Waals surface area contributed by atoms with E-state index in [0.29, 0.717) is 0 Å². The Hall–Kier alpha value is 0.150. The predicted octanol–water partition coefficient (Wildman–Crippen LogP) is -3.19. The van der Waals surface area contributed by atoms with Crippen LogP contribution in [0.25, 0.3) is 0 Å². The van der Waals surface area contributed by atoms with Crippen LogP contribution in [0.3, 0.4) is 0 Å². The van der Waals surface area contributed by atoms with Crippen molar-refractivity contribution in [3.63, 3.8) is 0 Å². The van der Waals surface area contributed by atoms with Gasteiger partial charge in [-0.25, -0.2) is 0 Å². The zero-order valence-electron chi connectivity index (χ0n) is 6.08. The van der Waals surface area contributed by atoms with E-state index in [4.69, 9.17) is 0 Å². The third kappa shape index (κ3) is 3.90. The molecule has 1 rings (SSSR count). The second-order valence-corrected chi connectivity index (χ2v) is 6.68. The first-order valence-electron chi connectivity index (χ1n) is 3.06. The number of halogens is 1. The van der Waals surface area contributed by atoms with Crippen LogP contribution >= 0.6 is 0 Å². The summed E-state index contributed by atoms with van der Waals surface area (Å²) in [6, 6.07) is 0. The molecule has 0 bridgehead atoms. The normalized spacial score (nSPS) is 23.2. The minimum absolute atomic E-state index is 0.247. The molecule has 0 aromatic rings. The Balaban J connectivity index is 2.47. The number of hydrogen-bond acceptors (Lipinski definition) is 4. The second kappa shape index (κ2) is 3.70. The third-order valence-corrected chi connectivity index (χ3v) is 4.13. The van der Waals surface area contributed by atoms with Crippen LogP contribution < -0.4 is 21.2 Å². The van der Waals surface area contributed by atoms with Gasteiger partial charge in [-0.1, -0.05) is 0 Å². The standard InChI is InChI=1S/C5H9INO3S/c1-11(8,9)10-7-5-2-3-6-4-5/h2-4H2,1H3/q-1/b7-5-. The molecule has 1 heterocycles. The summed E-state index contributed by atoms with van der Waals surface area (Å²) in [5.74, 6) is 0. The van der Waals surface area contributed by atoms with E-state index in [1.165, 1.54) is 4.43 Å². The molecule has 6 heteroatoms. The molecule has 0 N–H and O–H groups in total. The maximum absolute atomic E-state index is 10.5. The van der Waals surface area contributed by atoms with E-state index < -0.39 is 10.1 Å². The Morgan fingerprint density at radius 2 is 2.36 bits per heavy atom. The molecule has 66 valence electrons. The van der Waals surface area contributed by atoms with Crippen molar-refractivity contribution in [2.75, 3.05) is 15.1 Å². The molecular weight excluding hydrogens is 281 g/mol. The van der Waals surface area contributed by atoms with Gasteiger partial charge in [0.1, 0.15) is 0 Å². The topological polar surface area (TPSA) is 55.7 Å². The predicted molar refractivity (Wildman–Crippen MR) is 37.7 cm³/mol. The van der Waals surface area contributed by atoms with Crippen LogP contribution in [0.2, 0.25) is 0 Å². The number of hydrogen-bond donors (Lipinski definition) is 0. The first-order valence-corrected chi connectivity index (χ1v) is 7.92. The van der Waals surface area contributed by atoms with Crippen LogP contribution in [-0.2, 0) is 14.4 Å². The first kappa shape index (κ1) is 9.24. The summed E-state index contributed by atoms with van der Waals surface area (Å²) < 4.78 is 27.4. The summed E-state index contributed by atoms with van der Waals surface area (Å²) in [6.07, 6.45) is 1.92. The van der Waals surface area contributed by atoms with Gasteiger partial charge in [0.15, 0.2) is 0 Å². The van der Waals surface area contributed by atoms with Crippen molar-refractivity contribution in [3.05, 3.63) is 0 Å². The molecule has 0 aromatic carbocycles. The summed E-state index contributed by atoms with van der Waals surface area (Å²) >= 11 is 0.247. The van der Waals surface area contributed by atoms with Gasteiger partial charge in [0.05, 0.1) is 0 Å². The van der Waals surface area contributed by atoms with Crippen molar-refractivity contribution in [2.24, 2.45) is 5.16 Å². The van der Waals surface area contributed by atoms with Gasteiger partial charge in [0, 0.05) is 0 Å². The number of rotatable bonds is 2. The third-order valence-electron chi connectivity index (χ3n) is 1.07. The van der Waals surface area contributed by atoms with Crippen molar-refractivity contribution in [3.8, 4) is 0 Å². The van der Waals surface area contributed by atoms with E-state index in [1.54, 1.807) is 0 Å². The van der Waals surface area contributed by atoms with Gasteiger partial charge >= 0.3 is 76.4 Å². The number of oxime groups is 1. The van der Waals surface area contributed by atoms with E-state index in [-0.39, 0.29) is 21.2 Å². The van der Waals surface area contributed by atoms with Crippen molar-refractivity contribution < 1.29 is 33.9 Å². The monoisotopic (exact) mass is 290 g/mol. The summed E-state index contributed by atoms with van der Waals surface area (Å²) in [5.41, 5.74) is 0.906. The molecule has 0 atom stereocenters. The molecule has 0 aromatic heterocycles. The molecule has 0 radical (unpaired) electrons. The Kier molecular flexibility index (Phi) is 3.11. The summed E-state index contributed by atoms with van der Waals surface area (Å²) in [5, 5.41) is 3.55. The van der Waals surface area contributed by atoms with Gasteiger partial charge in [-0.05, 0) is 0 Å². The van der Waals surface area contributed by atoms with Crippen LogP contribution in [0, 0.1) is 0 Å². The molecule has 0 aliphatic carbocycles. The van der Waals surface area contributed by atoms with Crippen LogP contribution in [-0.4, -0.2) is 29.2 Å². The van der Waals surface area contributed by atoms with Crippen molar-refractivity contribution >= 4 is 15.8 Å². The van der Waals surface area contributed by atoms with Crippen molar-refractivity contribution in [1.29, 1.82) is 0 Å². The van der Waals surface area contributed by atoms with Crippen LogP contribution in [0.15, 0.2) is 5.16 Å². The molecule has 0 amide bonds. The quantitative estimate of drug-likeness (QED) is 0.306. The maximum atomic E-state index is 10.5. The fraction of sp³-hybridized carbons (Fsp3) is 0.800. The van der Waals surface area contributed by atoms with Crippen LogP contribution in [0.5, 0.6) is 0 Å². The summed E-state index contributed by atoms with van der Waals surface area (Å²) in [7, 11) is -3.39.